The molecule has 2 heterocycles. The Hall–Kier alpha value is -1.07. The highest BCUT2D eigenvalue weighted by molar-refractivity contribution is 9.10. The molecule has 114 valence electrons. The number of halogens is 2. The van der Waals surface area contributed by atoms with Crippen LogP contribution in [0.3, 0.4) is 0 Å². The molecule has 22 heavy (non-hydrogen) atoms. The number of benzene rings is 1. The molecule has 2 aliphatic heterocycles. The largest absolute Gasteiger partial charge is 0.508 e. The van der Waals surface area contributed by atoms with Gasteiger partial charge in [0, 0.05) is 33.9 Å². The molecule has 1 N–H and O–H groups in total. The lowest BCUT2D eigenvalue weighted by molar-refractivity contribution is 0.460. The SMILES string of the molecule is Oc1cc(F)c(Br)cc1C1C2=CCCCC2=NC2=C1SCC2. The van der Waals surface area contributed by atoms with E-state index < -0.39 is 5.82 Å². The van der Waals surface area contributed by atoms with E-state index in [9.17, 15) is 9.50 Å². The van der Waals surface area contributed by atoms with Crippen molar-refractivity contribution < 1.29 is 9.50 Å². The Labute approximate surface area is 141 Å². The van der Waals surface area contributed by atoms with Crippen LogP contribution >= 0.6 is 27.7 Å². The standard InChI is InChI=1S/C17H15BrFNOS/c18-11-7-10(15(21)8-12(11)19)16-9-3-1-2-4-13(9)20-14-5-6-22-17(14)16/h3,7-8,16,21H,1-2,4-6H2. The zero-order chi connectivity index (χ0) is 15.3. The van der Waals surface area contributed by atoms with Gasteiger partial charge in [0.1, 0.15) is 11.6 Å². The van der Waals surface area contributed by atoms with Crippen LogP contribution in [-0.4, -0.2) is 16.6 Å². The van der Waals surface area contributed by atoms with E-state index in [2.05, 4.69) is 22.0 Å². The van der Waals surface area contributed by atoms with Crippen molar-refractivity contribution in [3.05, 3.63) is 50.2 Å². The summed E-state index contributed by atoms with van der Waals surface area (Å²) in [5, 5.41) is 10.3. The maximum atomic E-state index is 13.7. The maximum Gasteiger partial charge on any atom is 0.141 e. The first-order valence-electron chi connectivity index (χ1n) is 7.47. The molecule has 4 rings (SSSR count). The Morgan fingerprint density at radius 3 is 3.05 bits per heavy atom. The number of hydrogen-bond acceptors (Lipinski definition) is 3. The van der Waals surface area contributed by atoms with Crippen LogP contribution in [0.15, 0.2) is 43.8 Å². The van der Waals surface area contributed by atoms with Gasteiger partial charge in [0.05, 0.1) is 10.2 Å². The van der Waals surface area contributed by atoms with E-state index in [1.54, 1.807) is 6.07 Å². The number of hydrogen-bond donors (Lipinski definition) is 1. The van der Waals surface area contributed by atoms with Crippen molar-refractivity contribution in [1.82, 2.24) is 0 Å². The molecule has 1 atom stereocenters. The van der Waals surface area contributed by atoms with E-state index in [-0.39, 0.29) is 11.7 Å². The molecule has 0 spiro atoms. The van der Waals surface area contributed by atoms with E-state index >= 15 is 0 Å². The van der Waals surface area contributed by atoms with Crippen LogP contribution < -0.4 is 0 Å². The lowest BCUT2D eigenvalue weighted by Crippen LogP contribution is -2.20. The molecule has 0 saturated carbocycles. The predicted molar refractivity (Wildman–Crippen MR) is 92.0 cm³/mol. The first-order valence-corrected chi connectivity index (χ1v) is 9.24. The number of phenols is 1. The van der Waals surface area contributed by atoms with E-state index in [0.29, 0.717) is 4.47 Å². The molecule has 1 unspecified atom stereocenters. The van der Waals surface area contributed by atoms with E-state index in [1.807, 2.05) is 11.8 Å². The third kappa shape index (κ3) is 2.26. The average Bonchev–Trinajstić information content (AvgIpc) is 2.97. The molecule has 1 aromatic rings. The molecule has 1 aromatic carbocycles. The van der Waals surface area contributed by atoms with Gasteiger partial charge in [0.25, 0.3) is 0 Å². The number of fused-ring (bicyclic) bond motifs is 1. The molecule has 0 bridgehead atoms. The number of nitrogens with zero attached hydrogens (tertiary/aromatic N) is 1. The molecule has 5 heteroatoms. The monoisotopic (exact) mass is 379 g/mol. The molecule has 0 radical (unpaired) electrons. The molecular weight excluding hydrogens is 365 g/mol. The zero-order valence-corrected chi connectivity index (χ0v) is 14.3. The Kier molecular flexibility index (Phi) is 3.65. The molecule has 0 aromatic heterocycles. The Bertz CT molecular complexity index is 753. The van der Waals surface area contributed by atoms with Gasteiger partial charge < -0.3 is 5.11 Å². The summed E-state index contributed by atoms with van der Waals surface area (Å²) in [6.07, 6.45) is 6.39. The summed E-state index contributed by atoms with van der Waals surface area (Å²) in [6.45, 7) is 0. The minimum absolute atomic E-state index is 0.00667. The fourth-order valence-electron chi connectivity index (χ4n) is 3.42. The summed E-state index contributed by atoms with van der Waals surface area (Å²) in [5.74, 6) is 0.635. The Morgan fingerprint density at radius 1 is 1.32 bits per heavy atom. The highest BCUT2D eigenvalue weighted by atomic mass is 79.9. The minimum atomic E-state index is -0.433. The molecule has 0 saturated heterocycles. The normalized spacial score (nSPS) is 23.8. The summed E-state index contributed by atoms with van der Waals surface area (Å²) < 4.78 is 14.1. The van der Waals surface area contributed by atoms with Crippen molar-refractivity contribution in [2.45, 2.75) is 31.6 Å². The third-order valence-corrected chi connectivity index (χ3v) is 6.22. The fourth-order valence-corrected chi connectivity index (χ4v) is 5.03. The molecule has 3 aliphatic rings. The summed E-state index contributed by atoms with van der Waals surface area (Å²) >= 11 is 5.06. The van der Waals surface area contributed by atoms with Crippen LogP contribution in [0.1, 0.15) is 37.2 Å². The van der Waals surface area contributed by atoms with Crippen LogP contribution in [0.25, 0.3) is 0 Å². The van der Waals surface area contributed by atoms with Crippen molar-refractivity contribution in [1.29, 1.82) is 0 Å². The molecular formula is C17H15BrFNOS. The van der Waals surface area contributed by atoms with Gasteiger partial charge in [-0.05, 0) is 53.3 Å². The number of phenolic OH excluding ortho intramolecular Hbond substituents is 1. The molecule has 2 nitrogen and oxygen atoms in total. The topological polar surface area (TPSA) is 32.6 Å². The van der Waals surface area contributed by atoms with Gasteiger partial charge >= 0.3 is 0 Å². The fraction of sp³-hybridized carbons (Fsp3) is 0.353. The van der Waals surface area contributed by atoms with Crippen LogP contribution in [0.4, 0.5) is 4.39 Å². The number of thioether (sulfide) groups is 1. The summed E-state index contributed by atoms with van der Waals surface area (Å²) in [5.41, 5.74) is 4.28. The van der Waals surface area contributed by atoms with E-state index in [1.165, 1.54) is 16.5 Å². The molecule has 0 amide bonds. The molecule has 1 aliphatic carbocycles. The van der Waals surface area contributed by atoms with Crippen molar-refractivity contribution in [3.8, 4) is 5.75 Å². The quantitative estimate of drug-likeness (QED) is 0.718. The molecule has 0 fully saturated rings. The minimum Gasteiger partial charge on any atom is -0.508 e. The number of aliphatic imine (C=N–C) groups is 1. The number of allylic oxidation sites excluding steroid dienone is 4. The van der Waals surface area contributed by atoms with Gasteiger partial charge in [-0.25, -0.2) is 4.39 Å². The second-order valence-electron chi connectivity index (χ2n) is 5.78. The highest BCUT2D eigenvalue weighted by Gasteiger charge is 2.36. The zero-order valence-electron chi connectivity index (χ0n) is 11.9. The number of rotatable bonds is 1. The average molecular weight is 380 g/mol. The van der Waals surface area contributed by atoms with E-state index in [0.717, 1.165) is 48.4 Å². The van der Waals surface area contributed by atoms with Gasteiger partial charge in [0.15, 0.2) is 0 Å². The lowest BCUT2D eigenvalue weighted by atomic mass is 9.80. The van der Waals surface area contributed by atoms with Gasteiger partial charge in [-0.3, -0.25) is 4.99 Å². The second kappa shape index (κ2) is 5.53. The third-order valence-electron chi connectivity index (χ3n) is 4.42. The summed E-state index contributed by atoms with van der Waals surface area (Å²) in [4.78, 5) is 6.08. The second-order valence-corrected chi connectivity index (χ2v) is 7.77. The first-order chi connectivity index (χ1) is 10.6. The van der Waals surface area contributed by atoms with E-state index in [4.69, 9.17) is 4.99 Å². The van der Waals surface area contributed by atoms with Crippen molar-refractivity contribution in [2.75, 3.05) is 5.75 Å². The maximum absolute atomic E-state index is 13.7. The highest BCUT2D eigenvalue weighted by Crippen LogP contribution is 2.52. The van der Waals surface area contributed by atoms with Crippen molar-refractivity contribution in [2.24, 2.45) is 4.99 Å². The van der Waals surface area contributed by atoms with Gasteiger partial charge in [0.2, 0.25) is 0 Å². The van der Waals surface area contributed by atoms with Crippen molar-refractivity contribution >= 4 is 33.4 Å². The van der Waals surface area contributed by atoms with Crippen LogP contribution in [0, 0.1) is 5.82 Å². The predicted octanol–water partition coefficient (Wildman–Crippen LogP) is 5.29. The van der Waals surface area contributed by atoms with Gasteiger partial charge in [-0.15, -0.1) is 11.8 Å². The van der Waals surface area contributed by atoms with Gasteiger partial charge in [-0.2, -0.15) is 0 Å². The first kappa shape index (κ1) is 14.5. The summed E-state index contributed by atoms with van der Waals surface area (Å²) in [7, 11) is 0. The van der Waals surface area contributed by atoms with Crippen LogP contribution in [0.5, 0.6) is 5.75 Å². The van der Waals surface area contributed by atoms with Crippen LogP contribution in [0.2, 0.25) is 0 Å². The smallest absolute Gasteiger partial charge is 0.141 e. The van der Waals surface area contributed by atoms with Crippen LogP contribution in [-0.2, 0) is 0 Å². The van der Waals surface area contributed by atoms with Gasteiger partial charge in [-0.1, -0.05) is 6.08 Å². The lowest BCUT2D eigenvalue weighted by Gasteiger charge is -2.30. The summed E-state index contributed by atoms with van der Waals surface area (Å²) in [6, 6.07) is 2.92. The Morgan fingerprint density at radius 2 is 2.18 bits per heavy atom. The van der Waals surface area contributed by atoms with Crippen molar-refractivity contribution in [3.63, 3.8) is 0 Å². The Balaban J connectivity index is 1.90. The number of aromatic hydroxyl groups is 1.